The fraction of sp³-hybridized carbons (Fsp3) is 0.440. The number of benzene rings is 1. The van der Waals surface area contributed by atoms with Gasteiger partial charge in [0.2, 0.25) is 17.7 Å². The molecule has 1 heterocycles. The van der Waals surface area contributed by atoms with Gasteiger partial charge in [-0.1, -0.05) is 26.0 Å². The Balaban J connectivity index is 2.18. The third kappa shape index (κ3) is 10.4. The van der Waals surface area contributed by atoms with Gasteiger partial charge in [0.1, 0.15) is 23.9 Å². The predicted octanol–water partition coefficient (Wildman–Crippen LogP) is -0.712. The van der Waals surface area contributed by atoms with Crippen LogP contribution in [0.25, 0.3) is 0 Å². The Morgan fingerprint density at radius 1 is 0.897 bits per heavy atom. The van der Waals surface area contributed by atoms with Crippen molar-refractivity contribution in [3.8, 4) is 5.75 Å². The lowest BCUT2D eigenvalue weighted by Crippen LogP contribution is -2.58. The normalized spacial score (nSPS) is 14.1. The molecule has 1 aromatic carbocycles. The van der Waals surface area contributed by atoms with Gasteiger partial charge in [0.15, 0.2) is 0 Å². The van der Waals surface area contributed by atoms with Crippen LogP contribution >= 0.6 is 0 Å². The highest BCUT2D eigenvalue weighted by Crippen LogP contribution is 2.12. The van der Waals surface area contributed by atoms with Crippen molar-refractivity contribution in [2.45, 2.75) is 63.7 Å². The number of phenols is 1. The van der Waals surface area contributed by atoms with Crippen molar-refractivity contribution in [3.63, 3.8) is 0 Å². The number of phenolic OH excluding ortho intramolecular Hbond substituents is 1. The van der Waals surface area contributed by atoms with Crippen LogP contribution in [-0.2, 0) is 36.8 Å². The number of hydrogen-bond acceptors (Lipinski definition) is 8. The lowest BCUT2D eigenvalue weighted by Gasteiger charge is -2.26. The number of nitrogens with two attached hydrogens (primary N) is 1. The van der Waals surface area contributed by atoms with Crippen molar-refractivity contribution in [1.29, 1.82) is 0 Å². The van der Waals surface area contributed by atoms with Crippen LogP contribution in [0.5, 0.6) is 5.75 Å². The van der Waals surface area contributed by atoms with Gasteiger partial charge in [0.05, 0.1) is 18.8 Å². The fourth-order valence-electron chi connectivity index (χ4n) is 3.71. The van der Waals surface area contributed by atoms with E-state index in [2.05, 4.69) is 25.9 Å². The Morgan fingerprint density at radius 3 is 2.03 bits per heavy atom. The first-order valence-corrected chi connectivity index (χ1v) is 12.2. The number of aliphatic carboxylic acids is 2. The Kier molecular flexibility index (Phi) is 11.4. The molecule has 1 aromatic heterocycles. The van der Waals surface area contributed by atoms with Crippen molar-refractivity contribution in [1.82, 2.24) is 25.9 Å². The van der Waals surface area contributed by atoms with Gasteiger partial charge in [-0.25, -0.2) is 9.78 Å². The summed E-state index contributed by atoms with van der Waals surface area (Å²) in [5.41, 5.74) is 7.26. The van der Waals surface area contributed by atoms with Crippen molar-refractivity contribution >= 4 is 29.7 Å². The number of imidazole rings is 1. The second-order valence-electron chi connectivity index (χ2n) is 9.51. The summed E-state index contributed by atoms with van der Waals surface area (Å²) in [6, 6.07) is 1.02. The van der Waals surface area contributed by atoms with Crippen LogP contribution in [0.15, 0.2) is 36.8 Å². The Labute approximate surface area is 224 Å². The van der Waals surface area contributed by atoms with Gasteiger partial charge in [-0.3, -0.25) is 19.2 Å². The SMILES string of the molecule is CC(C)CC(NC(=O)C(Cc1cnc[nH]1)NC(=O)C(N)Cc1ccc(O)cc1)C(=O)NC(CC(=O)O)C(=O)O. The zero-order valence-electron chi connectivity index (χ0n) is 21.6. The molecule has 4 unspecified atom stereocenters. The molecule has 0 radical (unpaired) electrons. The smallest absolute Gasteiger partial charge is 0.326 e. The number of nitrogens with one attached hydrogen (secondary N) is 4. The number of hydrogen-bond donors (Lipinski definition) is 8. The van der Waals surface area contributed by atoms with E-state index >= 15 is 0 Å². The van der Waals surface area contributed by atoms with E-state index in [0.29, 0.717) is 11.3 Å². The maximum Gasteiger partial charge on any atom is 0.326 e. The Bertz CT molecular complexity index is 1140. The van der Waals surface area contributed by atoms with Gasteiger partial charge in [-0.15, -0.1) is 0 Å². The molecule has 0 fully saturated rings. The molecule has 4 atom stereocenters. The van der Waals surface area contributed by atoms with Crippen LogP contribution in [0, 0.1) is 5.92 Å². The molecule has 0 spiro atoms. The molecule has 2 rings (SSSR count). The first kappa shape index (κ1) is 30.8. The third-order valence-electron chi connectivity index (χ3n) is 5.67. The van der Waals surface area contributed by atoms with Gasteiger partial charge in [-0.05, 0) is 36.5 Å². The molecule has 39 heavy (non-hydrogen) atoms. The molecule has 0 bridgehead atoms. The molecule has 0 aliphatic heterocycles. The molecular weight excluding hydrogens is 512 g/mol. The highest BCUT2D eigenvalue weighted by atomic mass is 16.4. The number of nitrogens with zero attached hydrogens (tertiary/aromatic N) is 1. The highest BCUT2D eigenvalue weighted by molar-refractivity contribution is 5.94. The summed E-state index contributed by atoms with van der Waals surface area (Å²) < 4.78 is 0. The number of carboxylic acids is 2. The van der Waals surface area contributed by atoms with E-state index in [1.807, 2.05) is 0 Å². The van der Waals surface area contributed by atoms with Crippen molar-refractivity contribution < 1.29 is 39.3 Å². The number of amides is 3. The molecule has 212 valence electrons. The zero-order chi connectivity index (χ0) is 29.1. The summed E-state index contributed by atoms with van der Waals surface area (Å²) in [5, 5.41) is 35.0. The topological polar surface area (TPSA) is 237 Å². The predicted molar refractivity (Wildman–Crippen MR) is 137 cm³/mol. The molecule has 3 amide bonds. The van der Waals surface area contributed by atoms with Crippen molar-refractivity contribution in [3.05, 3.63) is 48.0 Å². The summed E-state index contributed by atoms with van der Waals surface area (Å²) >= 11 is 0. The number of carbonyl (C=O) groups is 5. The zero-order valence-corrected chi connectivity index (χ0v) is 21.6. The van der Waals surface area contributed by atoms with E-state index in [1.54, 1.807) is 26.0 Å². The maximum absolute atomic E-state index is 13.3. The van der Waals surface area contributed by atoms with Crippen LogP contribution in [0.3, 0.4) is 0 Å². The Morgan fingerprint density at radius 2 is 1.49 bits per heavy atom. The molecule has 14 nitrogen and oxygen atoms in total. The van der Waals surface area contributed by atoms with E-state index in [4.69, 9.17) is 10.8 Å². The van der Waals surface area contributed by atoms with E-state index in [9.17, 15) is 34.2 Å². The average Bonchev–Trinajstić information content (AvgIpc) is 3.36. The largest absolute Gasteiger partial charge is 0.508 e. The molecule has 0 saturated heterocycles. The quantitative estimate of drug-likeness (QED) is 0.140. The number of carbonyl (C=O) groups excluding carboxylic acids is 3. The lowest BCUT2D eigenvalue weighted by molar-refractivity contribution is -0.147. The molecule has 14 heteroatoms. The van der Waals surface area contributed by atoms with E-state index in [0.717, 1.165) is 0 Å². The number of H-pyrrole nitrogens is 1. The molecule has 2 aromatic rings. The van der Waals surface area contributed by atoms with Gasteiger partial charge in [0, 0.05) is 18.3 Å². The third-order valence-corrected chi connectivity index (χ3v) is 5.67. The second kappa shape index (κ2) is 14.5. The Hall–Kier alpha value is -4.46. The van der Waals surface area contributed by atoms with Gasteiger partial charge in [0.25, 0.3) is 0 Å². The number of rotatable bonds is 15. The number of aromatic hydroxyl groups is 1. The number of aromatic amines is 1. The minimum atomic E-state index is -1.69. The maximum atomic E-state index is 13.3. The van der Waals surface area contributed by atoms with Crippen LogP contribution in [0.4, 0.5) is 0 Å². The summed E-state index contributed by atoms with van der Waals surface area (Å²) in [6.45, 7) is 3.56. The minimum Gasteiger partial charge on any atom is -0.508 e. The van der Waals surface area contributed by atoms with Crippen LogP contribution in [0.2, 0.25) is 0 Å². The second-order valence-corrected chi connectivity index (χ2v) is 9.51. The summed E-state index contributed by atoms with van der Waals surface area (Å²) in [7, 11) is 0. The first-order valence-electron chi connectivity index (χ1n) is 12.2. The summed E-state index contributed by atoms with van der Waals surface area (Å²) in [4.78, 5) is 68.2. The molecule has 0 saturated carbocycles. The standard InChI is InChI=1S/C25H34N6O8/c1-13(2)7-18(23(36)31-20(25(38)39)10-21(33)34)30-24(37)19(9-15-11-27-12-28-15)29-22(35)17(26)8-14-3-5-16(32)6-4-14/h3-6,11-13,17-20,32H,7-10,26H2,1-2H3,(H,27,28)(H,29,35)(H,30,37)(H,31,36)(H,33,34)(H,38,39). The lowest BCUT2D eigenvalue weighted by atomic mass is 10.0. The van der Waals surface area contributed by atoms with Crippen LogP contribution in [0.1, 0.15) is 37.9 Å². The number of carboxylic acid groups (broad SMARTS) is 2. The fourth-order valence-corrected chi connectivity index (χ4v) is 3.71. The van der Waals surface area contributed by atoms with E-state index in [1.165, 1.54) is 24.7 Å². The number of aromatic nitrogens is 2. The van der Waals surface area contributed by atoms with Gasteiger partial charge < -0.3 is 42.0 Å². The summed E-state index contributed by atoms with van der Waals surface area (Å²) in [6.07, 6.45) is 2.24. The average molecular weight is 547 g/mol. The van der Waals surface area contributed by atoms with Crippen LogP contribution in [-0.4, -0.2) is 79.1 Å². The van der Waals surface area contributed by atoms with Crippen LogP contribution < -0.4 is 21.7 Å². The molecule has 0 aliphatic rings. The summed E-state index contributed by atoms with van der Waals surface area (Å²) in [5.74, 6) is -5.25. The molecular formula is C25H34N6O8. The monoisotopic (exact) mass is 546 g/mol. The van der Waals surface area contributed by atoms with Gasteiger partial charge in [-0.2, -0.15) is 0 Å². The highest BCUT2D eigenvalue weighted by Gasteiger charge is 2.32. The van der Waals surface area contributed by atoms with E-state index < -0.39 is 60.2 Å². The van der Waals surface area contributed by atoms with E-state index in [-0.39, 0.29) is 30.9 Å². The van der Waals surface area contributed by atoms with Crippen molar-refractivity contribution in [2.75, 3.05) is 0 Å². The molecule has 9 N–H and O–H groups in total. The first-order chi connectivity index (χ1) is 18.3. The van der Waals surface area contributed by atoms with Gasteiger partial charge >= 0.3 is 11.9 Å². The molecule has 0 aliphatic carbocycles. The minimum absolute atomic E-state index is 0.0176. The van der Waals surface area contributed by atoms with Crippen molar-refractivity contribution in [2.24, 2.45) is 11.7 Å².